The van der Waals surface area contributed by atoms with E-state index in [1.54, 1.807) is 0 Å². The molecule has 1 unspecified atom stereocenters. The van der Waals surface area contributed by atoms with E-state index in [4.69, 9.17) is 31.3 Å². The number of anilines is 4. The Kier molecular flexibility index (Phi) is 9.15. The first kappa shape index (κ1) is 26.5. The first-order chi connectivity index (χ1) is 18.7. The molecule has 1 aliphatic carbocycles. The van der Waals surface area contributed by atoms with Gasteiger partial charge in [0.05, 0.1) is 11.2 Å². The van der Waals surface area contributed by atoms with Crippen LogP contribution in [0.1, 0.15) is 63.9 Å². The Morgan fingerprint density at radius 2 is 1.61 bits per heavy atom. The third-order valence-electron chi connectivity index (χ3n) is 7.31. The van der Waals surface area contributed by atoms with Gasteiger partial charge in [-0.2, -0.15) is 15.0 Å². The first-order valence-corrected chi connectivity index (χ1v) is 14.3. The smallest absolute Gasteiger partial charge is 0.233 e. The summed E-state index contributed by atoms with van der Waals surface area (Å²) in [5.74, 6) is 2.30. The van der Waals surface area contributed by atoms with Crippen LogP contribution in [0.4, 0.5) is 23.5 Å². The van der Waals surface area contributed by atoms with Crippen LogP contribution in [0.15, 0.2) is 48.5 Å². The number of benzene rings is 2. The molecular formula is C29H38ClN7O. The molecule has 3 N–H and O–H groups in total. The number of hydrogen-bond donors (Lipinski definition) is 3. The SMILES string of the molecule is CCN1CCCC1Nc1nc(Nc2ccc(OCc3ccccc3)c(Cl)c2)nc(NC2CCCCCC2)n1. The minimum Gasteiger partial charge on any atom is -0.487 e. The van der Waals surface area contributed by atoms with Gasteiger partial charge in [-0.05, 0) is 56.0 Å². The summed E-state index contributed by atoms with van der Waals surface area (Å²) in [6.07, 6.45) is 9.85. The Morgan fingerprint density at radius 3 is 2.34 bits per heavy atom. The standard InChI is InChI=1S/C29H38ClN7O/c1-2-37-18-10-15-26(37)33-29-35-27(31-22-13-8-3-4-9-14-22)34-28(36-29)32-23-16-17-25(24(30)19-23)38-20-21-11-6-5-7-12-21/h5-7,11-12,16-17,19,22,26H,2-4,8-10,13-15,18,20H2,1H3,(H3,31,32,33,34,35,36). The third-order valence-corrected chi connectivity index (χ3v) is 7.61. The Morgan fingerprint density at radius 1 is 0.868 bits per heavy atom. The average molecular weight is 536 g/mol. The van der Waals surface area contributed by atoms with Crippen molar-refractivity contribution in [1.82, 2.24) is 19.9 Å². The lowest BCUT2D eigenvalue weighted by Gasteiger charge is -2.24. The van der Waals surface area contributed by atoms with Gasteiger partial charge in [-0.1, -0.05) is 74.5 Å². The molecule has 3 aromatic rings. The Labute approximate surface area is 230 Å². The summed E-state index contributed by atoms with van der Waals surface area (Å²) in [4.78, 5) is 16.6. The Hall–Kier alpha value is -3.10. The molecule has 1 saturated heterocycles. The van der Waals surface area contributed by atoms with Crippen molar-refractivity contribution in [1.29, 1.82) is 0 Å². The number of hydrogen-bond acceptors (Lipinski definition) is 8. The zero-order chi connectivity index (χ0) is 26.2. The fourth-order valence-electron chi connectivity index (χ4n) is 5.24. The Bertz CT molecular complexity index is 1170. The van der Waals surface area contributed by atoms with Crippen LogP contribution in [-0.2, 0) is 6.61 Å². The molecule has 1 atom stereocenters. The fourth-order valence-corrected chi connectivity index (χ4v) is 5.48. The summed E-state index contributed by atoms with van der Waals surface area (Å²) in [6.45, 7) is 4.74. The molecule has 38 heavy (non-hydrogen) atoms. The topological polar surface area (TPSA) is 87.2 Å². The van der Waals surface area contributed by atoms with Gasteiger partial charge in [0.2, 0.25) is 17.8 Å². The van der Waals surface area contributed by atoms with Crippen LogP contribution in [0, 0.1) is 0 Å². The van der Waals surface area contributed by atoms with Crippen molar-refractivity contribution in [3.8, 4) is 5.75 Å². The molecule has 2 fully saturated rings. The first-order valence-electron chi connectivity index (χ1n) is 13.9. The van der Waals surface area contributed by atoms with Crippen LogP contribution in [0.3, 0.4) is 0 Å². The van der Waals surface area contributed by atoms with Crippen molar-refractivity contribution in [3.63, 3.8) is 0 Å². The maximum Gasteiger partial charge on any atom is 0.233 e. The van der Waals surface area contributed by atoms with Crippen molar-refractivity contribution >= 4 is 35.1 Å². The second-order valence-electron chi connectivity index (χ2n) is 10.1. The summed E-state index contributed by atoms with van der Waals surface area (Å²) in [5.41, 5.74) is 1.88. The van der Waals surface area contributed by atoms with Gasteiger partial charge in [-0.25, -0.2) is 0 Å². The van der Waals surface area contributed by atoms with E-state index in [9.17, 15) is 0 Å². The lowest BCUT2D eigenvalue weighted by molar-refractivity contribution is 0.289. The van der Waals surface area contributed by atoms with Crippen molar-refractivity contribution in [2.45, 2.75) is 77.1 Å². The van der Waals surface area contributed by atoms with Crippen LogP contribution < -0.4 is 20.7 Å². The molecule has 1 saturated carbocycles. The highest BCUT2D eigenvalue weighted by Gasteiger charge is 2.24. The highest BCUT2D eigenvalue weighted by molar-refractivity contribution is 6.32. The zero-order valence-corrected chi connectivity index (χ0v) is 22.9. The molecule has 2 aliphatic rings. The molecule has 2 heterocycles. The van der Waals surface area contributed by atoms with Crippen LogP contribution in [0.25, 0.3) is 0 Å². The molecule has 0 amide bonds. The summed E-state index contributed by atoms with van der Waals surface area (Å²) < 4.78 is 5.93. The van der Waals surface area contributed by atoms with Crippen molar-refractivity contribution < 1.29 is 4.74 Å². The normalized spacial score (nSPS) is 18.6. The maximum atomic E-state index is 6.57. The quantitative estimate of drug-likeness (QED) is 0.243. The minimum atomic E-state index is 0.233. The summed E-state index contributed by atoms with van der Waals surface area (Å²) in [5, 5.41) is 11.0. The third kappa shape index (κ3) is 7.26. The summed E-state index contributed by atoms with van der Waals surface area (Å²) in [6, 6.07) is 16.1. The van der Waals surface area contributed by atoms with Gasteiger partial charge in [0, 0.05) is 18.3 Å². The van der Waals surface area contributed by atoms with E-state index in [1.165, 1.54) is 32.1 Å². The number of likely N-dealkylation sites (tertiary alicyclic amines) is 1. The van der Waals surface area contributed by atoms with E-state index >= 15 is 0 Å². The molecule has 9 heteroatoms. The van der Waals surface area contributed by atoms with Gasteiger partial charge < -0.3 is 20.7 Å². The maximum absolute atomic E-state index is 6.57. The van der Waals surface area contributed by atoms with E-state index in [0.717, 1.165) is 43.6 Å². The van der Waals surface area contributed by atoms with Gasteiger partial charge in [-0.15, -0.1) is 0 Å². The van der Waals surface area contributed by atoms with Crippen LogP contribution in [-0.4, -0.2) is 45.1 Å². The number of aromatic nitrogens is 3. The predicted molar refractivity (Wildman–Crippen MR) is 154 cm³/mol. The second-order valence-corrected chi connectivity index (χ2v) is 10.5. The van der Waals surface area contributed by atoms with Gasteiger partial charge in [0.1, 0.15) is 12.4 Å². The number of nitrogens with zero attached hydrogens (tertiary/aromatic N) is 4. The molecule has 5 rings (SSSR count). The molecular weight excluding hydrogens is 498 g/mol. The molecule has 2 aromatic carbocycles. The number of halogens is 1. The lowest BCUT2D eigenvalue weighted by atomic mass is 10.1. The van der Waals surface area contributed by atoms with E-state index in [-0.39, 0.29) is 6.17 Å². The van der Waals surface area contributed by atoms with Crippen LogP contribution >= 0.6 is 11.6 Å². The van der Waals surface area contributed by atoms with Gasteiger partial charge in [-0.3, -0.25) is 4.90 Å². The highest BCUT2D eigenvalue weighted by atomic mass is 35.5. The number of rotatable bonds is 10. The second kappa shape index (κ2) is 13.1. The Balaban J connectivity index is 1.32. The van der Waals surface area contributed by atoms with E-state index < -0.39 is 0 Å². The monoisotopic (exact) mass is 535 g/mol. The van der Waals surface area contributed by atoms with Crippen molar-refractivity contribution in [3.05, 3.63) is 59.1 Å². The van der Waals surface area contributed by atoms with Gasteiger partial charge in [0.15, 0.2) is 0 Å². The molecule has 0 radical (unpaired) electrons. The van der Waals surface area contributed by atoms with Crippen molar-refractivity contribution in [2.24, 2.45) is 0 Å². The minimum absolute atomic E-state index is 0.233. The molecule has 8 nitrogen and oxygen atoms in total. The van der Waals surface area contributed by atoms with Crippen molar-refractivity contribution in [2.75, 3.05) is 29.0 Å². The van der Waals surface area contributed by atoms with E-state index in [1.807, 2.05) is 48.5 Å². The lowest BCUT2D eigenvalue weighted by Crippen LogP contribution is -2.36. The number of nitrogens with one attached hydrogen (secondary N) is 3. The largest absolute Gasteiger partial charge is 0.487 e. The predicted octanol–water partition coefficient (Wildman–Crippen LogP) is 6.84. The van der Waals surface area contributed by atoms with E-state index in [0.29, 0.717) is 41.3 Å². The van der Waals surface area contributed by atoms with Gasteiger partial charge in [0.25, 0.3) is 0 Å². The number of ether oxygens (including phenoxy) is 1. The molecule has 0 spiro atoms. The average Bonchev–Trinajstić information content (AvgIpc) is 3.21. The molecule has 1 aromatic heterocycles. The summed E-state index contributed by atoms with van der Waals surface area (Å²) >= 11 is 6.57. The highest BCUT2D eigenvalue weighted by Crippen LogP contribution is 2.30. The summed E-state index contributed by atoms with van der Waals surface area (Å²) in [7, 11) is 0. The van der Waals surface area contributed by atoms with E-state index in [2.05, 4.69) is 27.8 Å². The molecule has 0 bridgehead atoms. The zero-order valence-electron chi connectivity index (χ0n) is 22.1. The van der Waals surface area contributed by atoms with Gasteiger partial charge >= 0.3 is 0 Å². The van der Waals surface area contributed by atoms with Crippen LogP contribution in [0.2, 0.25) is 5.02 Å². The van der Waals surface area contributed by atoms with Crippen LogP contribution in [0.5, 0.6) is 5.75 Å². The fraction of sp³-hybridized carbons (Fsp3) is 0.483. The molecule has 1 aliphatic heterocycles. The molecule has 202 valence electrons.